The van der Waals surface area contributed by atoms with E-state index in [1.54, 1.807) is 25.1 Å². The number of amides is 2. The molecule has 0 atom stereocenters. The summed E-state index contributed by atoms with van der Waals surface area (Å²) in [6.45, 7) is 7.37. The lowest BCUT2D eigenvalue weighted by Gasteiger charge is -2.16. The molecule has 0 saturated heterocycles. The second kappa shape index (κ2) is 20.3. The summed E-state index contributed by atoms with van der Waals surface area (Å²) in [6.07, 6.45) is -0.292. The number of rotatable bonds is 18. The van der Waals surface area contributed by atoms with Gasteiger partial charge in [0.25, 0.3) is 11.6 Å². The number of hydrogen-bond acceptors (Lipinski definition) is 13. The van der Waals surface area contributed by atoms with E-state index in [0.717, 1.165) is 5.69 Å². The molecule has 0 saturated carbocycles. The van der Waals surface area contributed by atoms with Crippen LogP contribution in [0, 0.1) is 10.1 Å². The topological polar surface area (TPSA) is 202 Å². The molecule has 0 aliphatic heterocycles. The zero-order valence-corrected chi connectivity index (χ0v) is 35.6. The number of sulfone groups is 1. The van der Waals surface area contributed by atoms with Crippen LogP contribution in [-0.4, -0.2) is 55.3 Å². The summed E-state index contributed by atoms with van der Waals surface area (Å²) in [4.78, 5) is 54.4. The summed E-state index contributed by atoms with van der Waals surface area (Å²) in [7, 11) is -3.59. The molecule has 0 radical (unpaired) electrons. The van der Waals surface area contributed by atoms with Gasteiger partial charge >= 0.3 is 12.1 Å². The van der Waals surface area contributed by atoms with Crippen LogP contribution in [-0.2, 0) is 49.2 Å². The number of nitrogens with zero attached hydrogens (tertiary/aromatic N) is 2. The van der Waals surface area contributed by atoms with Crippen LogP contribution in [0.5, 0.6) is 11.5 Å². The molecule has 0 aliphatic rings. The average molecular weight is 879 g/mol. The Labute approximate surface area is 356 Å². The summed E-state index contributed by atoms with van der Waals surface area (Å²) < 4.78 is 48.0. The molecule has 316 valence electrons. The lowest BCUT2D eigenvalue weighted by Crippen LogP contribution is -2.18. The number of carbonyl (C=O) groups excluding carboxylic acids is 3. The van der Waals surface area contributed by atoms with Crippen molar-refractivity contribution < 1.29 is 46.7 Å². The van der Waals surface area contributed by atoms with Crippen LogP contribution < -0.4 is 20.1 Å². The minimum absolute atomic E-state index is 0.0588. The molecular weight excluding hydrogens is 836 g/mol. The first-order valence-corrected chi connectivity index (χ1v) is 21.5. The SMILES string of the molecule is CCOC(=O)COc1ccc(CCCS(=O)(=O)c2ccc(Cl)cc2)cc1NC(=O)c1cc(NC(=O)OCc2ccc([N+](=O)[O-])cc2)cc(OCc2nc(C(C)(C)C)cs2)c1. The Hall–Kier alpha value is -6.04. The van der Waals surface area contributed by atoms with Crippen LogP contribution in [0.15, 0.2) is 95.2 Å². The fourth-order valence-corrected chi connectivity index (χ4v) is 7.85. The molecule has 4 aromatic carbocycles. The predicted octanol–water partition coefficient (Wildman–Crippen LogP) is 8.93. The molecule has 5 rings (SSSR count). The number of benzene rings is 4. The average Bonchev–Trinajstić information content (AvgIpc) is 3.70. The third-order valence-electron chi connectivity index (χ3n) is 8.61. The van der Waals surface area contributed by atoms with Gasteiger partial charge in [0.1, 0.15) is 29.7 Å². The summed E-state index contributed by atoms with van der Waals surface area (Å²) >= 11 is 7.35. The van der Waals surface area contributed by atoms with Crippen molar-refractivity contribution in [2.75, 3.05) is 29.6 Å². The van der Waals surface area contributed by atoms with Gasteiger partial charge in [-0.2, -0.15) is 0 Å². The first-order chi connectivity index (χ1) is 28.5. The van der Waals surface area contributed by atoms with E-state index in [1.165, 1.54) is 78.1 Å². The Bertz CT molecular complexity index is 2430. The van der Waals surface area contributed by atoms with E-state index >= 15 is 0 Å². The van der Waals surface area contributed by atoms with Crippen molar-refractivity contribution in [1.29, 1.82) is 0 Å². The molecule has 0 bridgehead atoms. The number of ether oxygens (including phenoxy) is 4. The van der Waals surface area contributed by atoms with Gasteiger partial charge in [0.05, 0.1) is 33.6 Å². The number of aromatic nitrogens is 1. The van der Waals surface area contributed by atoms with Gasteiger partial charge in [0.2, 0.25) is 0 Å². The molecule has 1 heterocycles. The van der Waals surface area contributed by atoms with Crippen molar-refractivity contribution in [2.24, 2.45) is 0 Å². The number of anilines is 2. The summed E-state index contributed by atoms with van der Waals surface area (Å²) in [6, 6.07) is 20.7. The highest BCUT2D eigenvalue weighted by molar-refractivity contribution is 7.91. The molecule has 0 fully saturated rings. The van der Waals surface area contributed by atoms with Crippen molar-refractivity contribution in [3.05, 3.63) is 133 Å². The van der Waals surface area contributed by atoms with Crippen LogP contribution in [0.1, 0.15) is 66.3 Å². The first-order valence-electron chi connectivity index (χ1n) is 18.6. The molecule has 0 spiro atoms. The maximum absolute atomic E-state index is 14.0. The Morgan fingerprint density at radius 2 is 1.60 bits per heavy atom. The number of aryl methyl sites for hydroxylation is 1. The molecule has 60 heavy (non-hydrogen) atoms. The van der Waals surface area contributed by atoms with Gasteiger partial charge in [-0.25, -0.2) is 23.0 Å². The zero-order valence-electron chi connectivity index (χ0n) is 33.2. The number of hydrogen-bond donors (Lipinski definition) is 2. The van der Waals surface area contributed by atoms with E-state index in [9.17, 15) is 32.9 Å². The van der Waals surface area contributed by atoms with E-state index in [1.807, 2.05) is 26.2 Å². The Kier molecular flexibility index (Phi) is 15.2. The minimum Gasteiger partial charge on any atom is -0.486 e. The lowest BCUT2D eigenvalue weighted by atomic mass is 9.93. The summed E-state index contributed by atoms with van der Waals surface area (Å²) in [5.41, 5.74) is 2.18. The van der Waals surface area contributed by atoms with Crippen LogP contribution in [0.3, 0.4) is 0 Å². The third-order valence-corrected chi connectivity index (χ3v) is 11.5. The van der Waals surface area contributed by atoms with Gasteiger partial charge in [-0.1, -0.05) is 38.4 Å². The van der Waals surface area contributed by atoms with Crippen molar-refractivity contribution in [1.82, 2.24) is 4.98 Å². The van der Waals surface area contributed by atoms with E-state index < -0.39 is 39.3 Å². The molecule has 18 heteroatoms. The van der Waals surface area contributed by atoms with Crippen LogP contribution in [0.4, 0.5) is 21.9 Å². The number of nitro benzene ring substituents is 1. The predicted molar refractivity (Wildman–Crippen MR) is 227 cm³/mol. The maximum atomic E-state index is 14.0. The van der Waals surface area contributed by atoms with Crippen molar-refractivity contribution >= 4 is 67.8 Å². The number of esters is 1. The van der Waals surface area contributed by atoms with Crippen molar-refractivity contribution in [3.8, 4) is 11.5 Å². The normalized spacial score (nSPS) is 11.3. The fourth-order valence-electron chi connectivity index (χ4n) is 5.49. The first kappa shape index (κ1) is 45.1. The second-order valence-electron chi connectivity index (χ2n) is 14.3. The number of halogens is 1. The molecule has 2 amide bonds. The van der Waals surface area contributed by atoms with Gasteiger partial charge in [-0.15, -0.1) is 11.3 Å². The Balaban J connectivity index is 1.37. The fraction of sp³-hybridized carbons (Fsp3) is 0.286. The van der Waals surface area contributed by atoms with E-state index in [4.69, 9.17) is 30.5 Å². The highest BCUT2D eigenvalue weighted by Gasteiger charge is 2.20. The zero-order chi connectivity index (χ0) is 43.5. The molecule has 0 unspecified atom stereocenters. The molecular formula is C42H43ClN4O11S2. The van der Waals surface area contributed by atoms with Crippen LogP contribution in [0.25, 0.3) is 0 Å². The van der Waals surface area contributed by atoms with Crippen molar-refractivity contribution in [3.63, 3.8) is 0 Å². The van der Waals surface area contributed by atoms with Crippen molar-refractivity contribution in [2.45, 2.75) is 64.1 Å². The van der Waals surface area contributed by atoms with Crippen LogP contribution >= 0.6 is 22.9 Å². The molecule has 0 aliphatic carbocycles. The Morgan fingerprint density at radius 1 is 0.883 bits per heavy atom. The highest BCUT2D eigenvalue weighted by Crippen LogP contribution is 2.30. The monoisotopic (exact) mass is 878 g/mol. The van der Waals surface area contributed by atoms with Gasteiger partial charge < -0.3 is 24.3 Å². The Morgan fingerprint density at radius 3 is 2.27 bits per heavy atom. The number of thiazole rings is 1. The van der Waals surface area contributed by atoms with Gasteiger partial charge in [0.15, 0.2) is 16.4 Å². The van der Waals surface area contributed by atoms with E-state index in [-0.39, 0.29) is 76.4 Å². The van der Waals surface area contributed by atoms with Gasteiger partial charge in [-0.05, 0) is 91.6 Å². The summed E-state index contributed by atoms with van der Waals surface area (Å²) in [5, 5.41) is 19.5. The van der Waals surface area contributed by atoms with Gasteiger partial charge in [0, 0.05) is 45.3 Å². The number of nitro groups is 1. The molecule has 15 nitrogen and oxygen atoms in total. The van der Waals surface area contributed by atoms with Crippen LogP contribution in [0.2, 0.25) is 5.02 Å². The highest BCUT2D eigenvalue weighted by atomic mass is 35.5. The lowest BCUT2D eigenvalue weighted by molar-refractivity contribution is -0.384. The smallest absolute Gasteiger partial charge is 0.411 e. The molecule has 1 aromatic heterocycles. The van der Waals surface area contributed by atoms with E-state index in [0.29, 0.717) is 27.6 Å². The third kappa shape index (κ3) is 13.2. The second-order valence-corrected chi connectivity index (χ2v) is 17.8. The summed E-state index contributed by atoms with van der Waals surface area (Å²) in [5.74, 6) is -1.05. The number of non-ortho nitro benzene ring substituents is 1. The largest absolute Gasteiger partial charge is 0.486 e. The molecule has 2 N–H and O–H groups in total. The quantitative estimate of drug-likeness (QED) is 0.0481. The number of carbonyl (C=O) groups is 3. The number of nitrogens with one attached hydrogen (secondary N) is 2. The maximum Gasteiger partial charge on any atom is 0.411 e. The standard InChI is InChI=1S/C42H43ClN4O11S2/c1-5-55-39(48)25-57-36-17-10-27(7-6-18-60(53,54)34-15-11-30(43)12-16-34)19-35(36)45-40(49)29-20-31(44-41(50)58-23-28-8-13-32(14-9-28)47(51)52)22-33(21-29)56-24-38-46-37(26-59-38)42(2,3)4/h8-17,19-22,26H,5-7,18,23-25H2,1-4H3,(H,44,50)(H,45,49). The van der Waals surface area contributed by atoms with Gasteiger partial charge in [-0.3, -0.25) is 20.2 Å². The van der Waals surface area contributed by atoms with E-state index in [2.05, 4.69) is 15.6 Å². The molecule has 5 aromatic rings. The minimum atomic E-state index is -3.59.